The number of rotatable bonds is 8. The van der Waals surface area contributed by atoms with Crippen LogP contribution >= 0.6 is 0 Å². The first-order valence-electron chi connectivity index (χ1n) is 11.0. The summed E-state index contributed by atoms with van der Waals surface area (Å²) in [5.41, 5.74) is 3.36. The topological polar surface area (TPSA) is 66.9 Å². The van der Waals surface area contributed by atoms with Crippen molar-refractivity contribution in [2.24, 2.45) is 5.92 Å². The number of amides is 1. The molecule has 0 spiro atoms. The number of pyridine rings is 2. The predicted octanol–water partition coefficient (Wildman–Crippen LogP) is 5.70. The minimum absolute atomic E-state index is 0.114. The molecule has 4 rings (SSSR count). The average Bonchev–Trinajstić information content (AvgIpc) is 3.33. The second-order valence-corrected chi connectivity index (χ2v) is 7.94. The Kier molecular flexibility index (Phi) is 7.06. The molecule has 5 nitrogen and oxygen atoms in total. The summed E-state index contributed by atoms with van der Waals surface area (Å²) in [6.07, 6.45) is 12.1. The third kappa shape index (κ3) is 6.25. The van der Waals surface area contributed by atoms with Crippen molar-refractivity contribution < 1.29 is 4.79 Å². The second kappa shape index (κ2) is 10.5. The summed E-state index contributed by atoms with van der Waals surface area (Å²) in [4.78, 5) is 21.2. The average molecular weight is 413 g/mol. The zero-order valence-corrected chi connectivity index (χ0v) is 17.6. The van der Waals surface area contributed by atoms with Gasteiger partial charge in [0.05, 0.1) is 5.69 Å². The monoisotopic (exact) mass is 412 g/mol. The third-order valence-corrected chi connectivity index (χ3v) is 5.61. The van der Waals surface area contributed by atoms with Gasteiger partial charge in [-0.2, -0.15) is 0 Å². The fourth-order valence-corrected chi connectivity index (χ4v) is 3.89. The molecule has 31 heavy (non-hydrogen) atoms. The van der Waals surface area contributed by atoms with E-state index >= 15 is 0 Å². The normalized spacial score (nSPS) is 14.1. The lowest BCUT2D eigenvalue weighted by Crippen LogP contribution is -2.26. The number of hydrogen-bond acceptors (Lipinski definition) is 4. The molecule has 1 aliphatic carbocycles. The highest BCUT2D eigenvalue weighted by Crippen LogP contribution is 2.27. The summed E-state index contributed by atoms with van der Waals surface area (Å²) < 4.78 is 0. The van der Waals surface area contributed by atoms with Gasteiger partial charge in [0.2, 0.25) is 0 Å². The number of benzene rings is 1. The van der Waals surface area contributed by atoms with Crippen LogP contribution < -0.4 is 10.6 Å². The van der Waals surface area contributed by atoms with Crippen molar-refractivity contribution in [1.29, 1.82) is 0 Å². The van der Waals surface area contributed by atoms with Gasteiger partial charge in [-0.1, -0.05) is 56.0 Å². The predicted molar refractivity (Wildman–Crippen MR) is 126 cm³/mol. The van der Waals surface area contributed by atoms with Gasteiger partial charge in [-0.3, -0.25) is 9.78 Å². The van der Waals surface area contributed by atoms with Crippen LogP contribution in [0.1, 0.15) is 53.8 Å². The first kappa shape index (κ1) is 20.8. The molecular weight excluding hydrogens is 384 g/mol. The molecule has 3 aromatic rings. The molecule has 1 fully saturated rings. The van der Waals surface area contributed by atoms with E-state index in [0.717, 1.165) is 35.8 Å². The first-order valence-corrected chi connectivity index (χ1v) is 11.0. The molecule has 0 radical (unpaired) electrons. The van der Waals surface area contributed by atoms with Crippen molar-refractivity contribution in [3.8, 4) is 0 Å². The molecule has 0 saturated heterocycles. The maximum absolute atomic E-state index is 12.4. The van der Waals surface area contributed by atoms with E-state index in [-0.39, 0.29) is 5.91 Å². The molecule has 1 saturated carbocycles. The molecule has 0 bridgehead atoms. The van der Waals surface area contributed by atoms with Crippen LogP contribution in [0.15, 0.2) is 66.9 Å². The van der Waals surface area contributed by atoms with E-state index in [1.807, 2.05) is 66.7 Å². The summed E-state index contributed by atoms with van der Waals surface area (Å²) in [6, 6.07) is 19.4. The molecule has 158 valence electrons. The van der Waals surface area contributed by atoms with E-state index in [1.165, 1.54) is 25.7 Å². The van der Waals surface area contributed by atoms with E-state index in [1.54, 1.807) is 12.3 Å². The molecule has 2 heterocycles. The van der Waals surface area contributed by atoms with Crippen LogP contribution in [0.2, 0.25) is 0 Å². The van der Waals surface area contributed by atoms with E-state index in [2.05, 4.69) is 20.6 Å². The number of aromatic nitrogens is 2. The number of anilines is 2. The van der Waals surface area contributed by atoms with Crippen molar-refractivity contribution in [1.82, 2.24) is 15.3 Å². The summed E-state index contributed by atoms with van der Waals surface area (Å²) in [5.74, 6) is 1.31. The van der Waals surface area contributed by atoms with Gasteiger partial charge < -0.3 is 10.6 Å². The van der Waals surface area contributed by atoms with Crippen LogP contribution in [0.4, 0.5) is 11.5 Å². The summed E-state index contributed by atoms with van der Waals surface area (Å²) >= 11 is 0. The van der Waals surface area contributed by atoms with Crippen LogP contribution in [0.25, 0.3) is 12.2 Å². The molecule has 2 N–H and O–H groups in total. The smallest absolute Gasteiger partial charge is 0.269 e. The molecule has 1 aliphatic rings. The maximum Gasteiger partial charge on any atom is 0.269 e. The van der Waals surface area contributed by atoms with E-state index in [4.69, 9.17) is 0 Å². The van der Waals surface area contributed by atoms with Gasteiger partial charge in [0.1, 0.15) is 11.5 Å². The van der Waals surface area contributed by atoms with Crippen molar-refractivity contribution >= 4 is 29.6 Å². The summed E-state index contributed by atoms with van der Waals surface area (Å²) in [7, 11) is 0. The Labute approximate surface area is 183 Å². The third-order valence-electron chi connectivity index (χ3n) is 5.61. The van der Waals surface area contributed by atoms with Crippen molar-refractivity contribution in [3.05, 3.63) is 83.8 Å². The Balaban J connectivity index is 1.31. The second-order valence-electron chi connectivity index (χ2n) is 7.94. The Bertz CT molecular complexity index is 1010. The molecule has 2 aromatic heterocycles. The summed E-state index contributed by atoms with van der Waals surface area (Å²) in [6.45, 7) is 0.719. The minimum atomic E-state index is -0.114. The Morgan fingerprint density at radius 3 is 2.58 bits per heavy atom. The highest BCUT2D eigenvalue weighted by atomic mass is 16.1. The molecule has 5 heteroatoms. The molecule has 0 atom stereocenters. The molecular formula is C26H28N4O. The number of nitrogens with zero attached hydrogens (tertiary/aromatic N) is 2. The Morgan fingerprint density at radius 1 is 0.968 bits per heavy atom. The number of carbonyl (C=O) groups is 1. The number of nitrogens with one attached hydrogen (secondary N) is 2. The standard InChI is InChI=1S/C26H28N4O/c31-26(28-19-17-20-6-1-2-7-20)24-9-5-10-25(30-24)29-23-15-12-21(13-16-23)11-14-22-8-3-4-18-27-22/h3-5,8-16,18,20H,1-2,6-7,17,19H2,(H,28,31)(H,29,30). The lowest BCUT2D eigenvalue weighted by molar-refractivity contribution is 0.0946. The van der Waals surface area contributed by atoms with Gasteiger partial charge in [0.25, 0.3) is 5.91 Å². The van der Waals surface area contributed by atoms with Gasteiger partial charge in [-0.25, -0.2) is 4.98 Å². The molecule has 0 aliphatic heterocycles. The van der Waals surface area contributed by atoms with Crippen LogP contribution in [0.5, 0.6) is 0 Å². The van der Waals surface area contributed by atoms with Gasteiger partial charge >= 0.3 is 0 Å². The van der Waals surface area contributed by atoms with Crippen LogP contribution in [0, 0.1) is 5.92 Å². The highest BCUT2D eigenvalue weighted by molar-refractivity contribution is 5.92. The molecule has 1 aromatic carbocycles. The lowest BCUT2D eigenvalue weighted by Gasteiger charge is -2.11. The molecule has 0 unspecified atom stereocenters. The minimum Gasteiger partial charge on any atom is -0.351 e. The Hall–Kier alpha value is -3.47. The van der Waals surface area contributed by atoms with Crippen LogP contribution in [-0.2, 0) is 0 Å². The van der Waals surface area contributed by atoms with Gasteiger partial charge in [-0.15, -0.1) is 0 Å². The van der Waals surface area contributed by atoms with Crippen molar-refractivity contribution in [2.75, 3.05) is 11.9 Å². The quantitative estimate of drug-likeness (QED) is 0.498. The summed E-state index contributed by atoms with van der Waals surface area (Å²) in [5, 5.41) is 6.28. The van der Waals surface area contributed by atoms with E-state index in [9.17, 15) is 4.79 Å². The van der Waals surface area contributed by atoms with Gasteiger partial charge in [0, 0.05) is 18.4 Å². The fraction of sp³-hybridized carbons (Fsp3) is 0.269. The fourth-order valence-electron chi connectivity index (χ4n) is 3.89. The zero-order chi connectivity index (χ0) is 21.3. The van der Waals surface area contributed by atoms with Crippen molar-refractivity contribution in [2.45, 2.75) is 32.1 Å². The largest absolute Gasteiger partial charge is 0.351 e. The number of hydrogen-bond donors (Lipinski definition) is 2. The van der Waals surface area contributed by atoms with E-state index in [0.29, 0.717) is 11.5 Å². The molecule has 1 amide bonds. The van der Waals surface area contributed by atoms with Gasteiger partial charge in [0.15, 0.2) is 0 Å². The van der Waals surface area contributed by atoms with E-state index < -0.39 is 0 Å². The SMILES string of the molecule is O=C(NCCC1CCCC1)c1cccc(Nc2ccc(C=Cc3ccccn3)cc2)n1. The van der Waals surface area contributed by atoms with Crippen molar-refractivity contribution in [3.63, 3.8) is 0 Å². The van der Waals surface area contributed by atoms with Crippen LogP contribution in [-0.4, -0.2) is 22.4 Å². The van der Waals surface area contributed by atoms with Gasteiger partial charge in [-0.05, 0) is 60.4 Å². The number of carbonyl (C=O) groups excluding carboxylic acids is 1. The maximum atomic E-state index is 12.4. The lowest BCUT2D eigenvalue weighted by atomic mass is 10.0. The zero-order valence-electron chi connectivity index (χ0n) is 17.6. The van der Waals surface area contributed by atoms with Crippen LogP contribution in [0.3, 0.4) is 0 Å². The highest BCUT2D eigenvalue weighted by Gasteiger charge is 2.15. The Morgan fingerprint density at radius 2 is 1.81 bits per heavy atom. The first-order chi connectivity index (χ1) is 15.3.